The molecule has 1 rings (SSSR count). The van der Waals surface area contributed by atoms with E-state index in [-0.39, 0.29) is 18.6 Å². The number of aliphatic hydroxyl groups excluding tert-OH is 1. The van der Waals surface area contributed by atoms with Crippen LogP contribution in [0.4, 0.5) is 0 Å². The number of ether oxygens (including phenoxy) is 1. The maximum absolute atomic E-state index is 11.9. The summed E-state index contributed by atoms with van der Waals surface area (Å²) in [6.07, 6.45) is 0.503. The zero-order valence-electron chi connectivity index (χ0n) is 10.4. The number of aliphatic hydroxyl groups is 1. The van der Waals surface area contributed by atoms with E-state index in [9.17, 15) is 4.79 Å². The van der Waals surface area contributed by atoms with Crippen LogP contribution in [0.2, 0.25) is 0 Å². The normalized spacial score (nSPS) is 12.5. The van der Waals surface area contributed by atoms with E-state index in [1.807, 2.05) is 19.9 Å². The van der Waals surface area contributed by atoms with Gasteiger partial charge in [-0.05, 0) is 31.9 Å². The molecule has 0 radical (unpaired) electrons. The quantitative estimate of drug-likeness (QED) is 0.812. The van der Waals surface area contributed by atoms with Crippen molar-refractivity contribution >= 4 is 17.2 Å². The van der Waals surface area contributed by atoms with Gasteiger partial charge >= 0.3 is 0 Å². The maximum atomic E-state index is 11.9. The minimum atomic E-state index is -0.139. The number of carbonyl (C=O) groups excluding carboxylic acids is 1. The summed E-state index contributed by atoms with van der Waals surface area (Å²) in [7, 11) is 1.58. The van der Waals surface area contributed by atoms with E-state index >= 15 is 0 Å². The molecule has 0 aromatic carbocycles. The van der Waals surface area contributed by atoms with Gasteiger partial charge in [-0.25, -0.2) is 0 Å². The second-order valence-electron chi connectivity index (χ2n) is 3.99. The lowest BCUT2D eigenvalue weighted by atomic mass is 10.2. The molecular weight excluding hydrogens is 238 g/mol. The van der Waals surface area contributed by atoms with E-state index < -0.39 is 0 Å². The predicted molar refractivity (Wildman–Crippen MR) is 68.6 cm³/mol. The minimum Gasteiger partial charge on any atom is -0.396 e. The predicted octanol–water partition coefficient (Wildman–Crippen LogP) is 1.49. The molecule has 17 heavy (non-hydrogen) atoms. The summed E-state index contributed by atoms with van der Waals surface area (Å²) in [6, 6.07) is 1.75. The van der Waals surface area contributed by atoms with Crippen molar-refractivity contribution in [1.29, 1.82) is 0 Å². The number of aryl methyl sites for hydroxylation is 2. The van der Waals surface area contributed by atoms with Gasteiger partial charge in [0.25, 0.3) is 5.91 Å². The van der Waals surface area contributed by atoms with E-state index in [4.69, 9.17) is 9.84 Å². The Morgan fingerprint density at radius 1 is 1.59 bits per heavy atom. The molecule has 0 spiro atoms. The molecular formula is C12H19NO3S. The summed E-state index contributed by atoms with van der Waals surface area (Å²) < 4.78 is 5.00. The Balaban J connectivity index is 2.63. The lowest BCUT2D eigenvalue weighted by molar-refractivity contribution is 0.0882. The molecule has 0 saturated heterocycles. The fourth-order valence-electron chi connectivity index (χ4n) is 1.50. The number of rotatable bonds is 6. The Hall–Kier alpha value is -0.910. The van der Waals surface area contributed by atoms with Gasteiger partial charge in [-0.15, -0.1) is 11.3 Å². The molecule has 0 aliphatic heterocycles. The van der Waals surface area contributed by atoms with Gasteiger partial charge in [-0.1, -0.05) is 0 Å². The fraction of sp³-hybridized carbons (Fsp3) is 0.583. The van der Waals surface area contributed by atoms with Crippen LogP contribution in [0.25, 0.3) is 0 Å². The number of nitrogens with one attached hydrogen (secondary N) is 1. The van der Waals surface area contributed by atoms with E-state index in [0.29, 0.717) is 17.9 Å². The van der Waals surface area contributed by atoms with E-state index in [1.54, 1.807) is 7.11 Å². The van der Waals surface area contributed by atoms with Crippen molar-refractivity contribution in [1.82, 2.24) is 5.32 Å². The highest BCUT2D eigenvalue weighted by Crippen LogP contribution is 2.20. The molecule has 0 fully saturated rings. The van der Waals surface area contributed by atoms with Crippen molar-refractivity contribution in [2.45, 2.75) is 26.3 Å². The first-order valence-electron chi connectivity index (χ1n) is 5.56. The maximum Gasteiger partial charge on any atom is 0.261 e. The summed E-state index contributed by atoms with van der Waals surface area (Å²) in [4.78, 5) is 13.8. The van der Waals surface area contributed by atoms with Gasteiger partial charge < -0.3 is 15.2 Å². The largest absolute Gasteiger partial charge is 0.396 e. The summed E-state index contributed by atoms with van der Waals surface area (Å²) in [5.41, 5.74) is 1.13. The first-order chi connectivity index (χ1) is 8.08. The number of methoxy groups -OCH3 is 1. The highest BCUT2D eigenvalue weighted by Gasteiger charge is 2.15. The molecule has 0 bridgehead atoms. The molecule has 1 unspecified atom stereocenters. The van der Waals surface area contributed by atoms with Crippen LogP contribution in [0.3, 0.4) is 0 Å². The average Bonchev–Trinajstić information content (AvgIpc) is 2.60. The average molecular weight is 257 g/mol. The number of carbonyl (C=O) groups is 1. The van der Waals surface area contributed by atoms with Crippen LogP contribution in [0.1, 0.15) is 26.5 Å². The summed E-state index contributed by atoms with van der Waals surface area (Å²) in [5.74, 6) is -0.0956. The lowest BCUT2D eigenvalue weighted by Crippen LogP contribution is -2.38. The molecule has 1 atom stereocenters. The fourth-order valence-corrected chi connectivity index (χ4v) is 2.43. The molecule has 1 aromatic rings. The van der Waals surface area contributed by atoms with Crippen molar-refractivity contribution < 1.29 is 14.6 Å². The van der Waals surface area contributed by atoms with E-state index in [2.05, 4.69) is 5.32 Å². The molecule has 1 aromatic heterocycles. The lowest BCUT2D eigenvalue weighted by Gasteiger charge is -2.16. The van der Waals surface area contributed by atoms with Gasteiger partial charge in [0.05, 0.1) is 17.5 Å². The smallest absolute Gasteiger partial charge is 0.261 e. The van der Waals surface area contributed by atoms with Crippen LogP contribution in [-0.2, 0) is 4.74 Å². The number of thiophene rings is 1. The molecule has 1 heterocycles. The third kappa shape index (κ3) is 4.11. The van der Waals surface area contributed by atoms with Crippen LogP contribution in [0.5, 0.6) is 0 Å². The molecule has 2 N–H and O–H groups in total. The number of amides is 1. The van der Waals surface area contributed by atoms with Crippen LogP contribution < -0.4 is 5.32 Å². The highest BCUT2D eigenvalue weighted by atomic mass is 32.1. The Labute approximate surface area is 106 Å². The first-order valence-corrected chi connectivity index (χ1v) is 6.37. The molecule has 1 amide bonds. The topological polar surface area (TPSA) is 58.6 Å². The van der Waals surface area contributed by atoms with Crippen LogP contribution in [0, 0.1) is 13.8 Å². The Kier molecular flexibility index (Phi) is 5.61. The summed E-state index contributed by atoms with van der Waals surface area (Å²) in [6.45, 7) is 4.44. The van der Waals surface area contributed by atoms with Gasteiger partial charge in [0.2, 0.25) is 0 Å². The minimum absolute atomic E-state index is 0.0385. The second kappa shape index (κ2) is 6.74. The van der Waals surface area contributed by atoms with Crippen molar-refractivity contribution in [2.75, 3.05) is 20.3 Å². The molecule has 96 valence electrons. The standard InChI is InChI=1S/C12H19NO3S/c1-8-6-11(17-9(8)2)12(15)13-10(4-5-14)7-16-3/h6,10,14H,4-5,7H2,1-3H3,(H,13,15). The third-order valence-electron chi connectivity index (χ3n) is 2.57. The Bertz CT molecular complexity index is 350. The first kappa shape index (κ1) is 14.2. The SMILES string of the molecule is COCC(CCO)NC(=O)c1cc(C)c(C)s1. The summed E-state index contributed by atoms with van der Waals surface area (Å²) in [5, 5.41) is 11.8. The van der Waals surface area contributed by atoms with Crippen LogP contribution >= 0.6 is 11.3 Å². The molecule has 0 aliphatic carbocycles. The van der Waals surface area contributed by atoms with Crippen LogP contribution in [0.15, 0.2) is 6.07 Å². The van der Waals surface area contributed by atoms with Crippen molar-refractivity contribution in [3.63, 3.8) is 0 Å². The van der Waals surface area contributed by atoms with Gasteiger partial charge in [-0.3, -0.25) is 4.79 Å². The molecule has 5 heteroatoms. The van der Waals surface area contributed by atoms with E-state index in [0.717, 1.165) is 10.4 Å². The van der Waals surface area contributed by atoms with Crippen molar-refractivity contribution in [2.24, 2.45) is 0 Å². The van der Waals surface area contributed by atoms with Crippen molar-refractivity contribution in [3.8, 4) is 0 Å². The van der Waals surface area contributed by atoms with Gasteiger partial charge in [0.15, 0.2) is 0 Å². The summed E-state index contributed by atoms with van der Waals surface area (Å²) >= 11 is 1.49. The molecule has 0 saturated carbocycles. The van der Waals surface area contributed by atoms with Gasteiger partial charge in [-0.2, -0.15) is 0 Å². The highest BCUT2D eigenvalue weighted by molar-refractivity contribution is 7.14. The zero-order valence-corrected chi connectivity index (χ0v) is 11.3. The van der Waals surface area contributed by atoms with Crippen molar-refractivity contribution in [3.05, 3.63) is 21.4 Å². The number of hydrogen-bond donors (Lipinski definition) is 2. The van der Waals surface area contributed by atoms with Gasteiger partial charge in [0, 0.05) is 18.6 Å². The molecule has 4 nitrogen and oxygen atoms in total. The van der Waals surface area contributed by atoms with E-state index in [1.165, 1.54) is 11.3 Å². The zero-order chi connectivity index (χ0) is 12.8. The Morgan fingerprint density at radius 2 is 2.29 bits per heavy atom. The third-order valence-corrected chi connectivity index (χ3v) is 3.72. The molecule has 0 aliphatic rings. The number of hydrogen-bond acceptors (Lipinski definition) is 4. The second-order valence-corrected chi connectivity index (χ2v) is 5.24. The monoisotopic (exact) mass is 257 g/mol. The Morgan fingerprint density at radius 3 is 2.76 bits per heavy atom. The van der Waals surface area contributed by atoms with Gasteiger partial charge in [0.1, 0.15) is 0 Å². The van der Waals surface area contributed by atoms with Crippen LogP contribution in [-0.4, -0.2) is 37.4 Å².